The van der Waals surface area contributed by atoms with Gasteiger partial charge >= 0.3 is 33.2 Å². The van der Waals surface area contributed by atoms with E-state index in [2.05, 4.69) is 42.1 Å². The molecule has 0 N–H and O–H groups in total. The molecular weight excluding hydrogens is 366 g/mol. The summed E-state index contributed by atoms with van der Waals surface area (Å²) in [5, 5.41) is 7.40. The average molecular weight is 368 g/mol. The van der Waals surface area contributed by atoms with Crippen LogP contribution in [-0.2, 0) is 12.9 Å². The van der Waals surface area contributed by atoms with Crippen LogP contribution in [0.5, 0.6) is 0 Å². The first-order valence-electron chi connectivity index (χ1n) is 2.19. The molecule has 0 fully saturated rings. The Kier molecular flexibility index (Phi) is 8.55. The fourth-order valence-corrected chi connectivity index (χ4v) is 0.723. The number of hydrogen-bond donors (Lipinski definition) is 0. The molecule has 0 radical (unpaired) electrons. The van der Waals surface area contributed by atoms with Gasteiger partial charge in [0, 0.05) is 0 Å². The Balaban J connectivity index is 0.000000292. The van der Waals surface area contributed by atoms with Gasteiger partial charge in [-0.2, -0.15) is 0 Å². The summed E-state index contributed by atoms with van der Waals surface area (Å²) in [4.78, 5) is 0. The van der Waals surface area contributed by atoms with Gasteiger partial charge < -0.3 is 0 Å². The first-order chi connectivity index (χ1) is 5.20. The van der Waals surface area contributed by atoms with Crippen LogP contribution < -0.4 is 0 Å². The van der Waals surface area contributed by atoms with Crippen LogP contribution >= 0.6 is 52.2 Å². The van der Waals surface area contributed by atoms with Crippen LogP contribution in [0.4, 0.5) is 0 Å². The molecular formula is C4H2Br2Cl2CoN2. The first kappa shape index (κ1) is 12.1. The molecule has 0 aromatic carbocycles. The molecule has 1 aromatic heterocycles. The van der Waals surface area contributed by atoms with E-state index in [0.29, 0.717) is 12.9 Å². The van der Waals surface area contributed by atoms with Crippen molar-refractivity contribution in [3.05, 3.63) is 21.3 Å². The number of halogens is 4. The minimum absolute atomic E-state index is 0.382. The van der Waals surface area contributed by atoms with Crippen LogP contribution in [0.1, 0.15) is 0 Å². The van der Waals surface area contributed by atoms with Crippen molar-refractivity contribution in [2.24, 2.45) is 0 Å². The summed E-state index contributed by atoms with van der Waals surface area (Å²) in [6.45, 7) is 0. The van der Waals surface area contributed by atoms with Crippen LogP contribution in [0, 0.1) is 0 Å². The van der Waals surface area contributed by atoms with E-state index in [4.69, 9.17) is 20.3 Å². The van der Waals surface area contributed by atoms with Gasteiger partial charge in [0.2, 0.25) is 0 Å². The summed E-state index contributed by atoms with van der Waals surface area (Å²) in [7, 11) is 9.47. The van der Waals surface area contributed by atoms with Gasteiger partial charge in [0.05, 0.1) is 0 Å². The monoisotopic (exact) mass is 365 g/mol. The molecule has 0 spiro atoms. The van der Waals surface area contributed by atoms with E-state index >= 15 is 0 Å². The van der Waals surface area contributed by atoms with E-state index in [1.54, 1.807) is 0 Å². The number of rotatable bonds is 0. The molecule has 1 rings (SSSR count). The van der Waals surface area contributed by atoms with Crippen molar-refractivity contribution in [1.82, 2.24) is 10.2 Å². The Hall–Kier alpha value is 1.13. The van der Waals surface area contributed by atoms with Crippen molar-refractivity contribution in [1.29, 1.82) is 0 Å². The average Bonchev–Trinajstić information content (AvgIpc) is 1.97. The van der Waals surface area contributed by atoms with E-state index in [-0.39, 0.29) is 0 Å². The van der Waals surface area contributed by atoms with E-state index in [1.165, 1.54) is 0 Å². The van der Waals surface area contributed by atoms with Crippen molar-refractivity contribution in [2.45, 2.75) is 0 Å². The van der Waals surface area contributed by atoms with Crippen LogP contribution in [0.25, 0.3) is 0 Å². The zero-order valence-electron chi connectivity index (χ0n) is 4.89. The van der Waals surface area contributed by atoms with Crippen molar-refractivity contribution in [3.8, 4) is 0 Å². The number of aromatic nitrogens is 2. The van der Waals surface area contributed by atoms with Crippen molar-refractivity contribution >= 4 is 52.2 Å². The van der Waals surface area contributed by atoms with Crippen molar-refractivity contribution in [2.75, 3.05) is 0 Å². The molecule has 1 aromatic rings. The third-order valence-electron chi connectivity index (χ3n) is 0.599. The van der Waals surface area contributed by atoms with Crippen LogP contribution in [0.15, 0.2) is 21.3 Å². The normalized spacial score (nSPS) is 8.73. The zero-order valence-corrected chi connectivity index (χ0v) is 10.6. The quantitative estimate of drug-likeness (QED) is 0.702. The standard InChI is InChI=1S/C4H2Br2N2.2ClH.Co/c5-3-1-2-4(6)8-7-3;;;/h1-2H;2*1H;/q;;;+2/p-2. The Bertz CT molecular complexity index is 175. The molecule has 0 aliphatic carbocycles. The predicted octanol–water partition coefficient (Wildman–Crippen LogP) is 3.38. The Labute approximate surface area is 95.8 Å². The van der Waals surface area contributed by atoms with Gasteiger partial charge in [0.15, 0.2) is 0 Å². The van der Waals surface area contributed by atoms with E-state index < -0.39 is 0 Å². The van der Waals surface area contributed by atoms with E-state index in [1.807, 2.05) is 12.1 Å². The Morgan fingerprint density at radius 1 is 1.09 bits per heavy atom. The third kappa shape index (κ3) is 7.49. The van der Waals surface area contributed by atoms with Crippen molar-refractivity contribution < 1.29 is 12.9 Å². The molecule has 2 nitrogen and oxygen atoms in total. The predicted molar refractivity (Wildman–Crippen MR) is 49.1 cm³/mol. The third-order valence-corrected chi connectivity index (χ3v) is 1.45. The first-order valence-corrected chi connectivity index (χ1v) is 6.64. The molecule has 0 saturated heterocycles. The molecule has 0 saturated carbocycles. The van der Waals surface area contributed by atoms with Gasteiger partial charge in [-0.1, -0.05) is 0 Å². The summed E-state index contributed by atoms with van der Waals surface area (Å²) in [5.41, 5.74) is 0. The van der Waals surface area contributed by atoms with Gasteiger partial charge in [0.25, 0.3) is 0 Å². The second-order valence-corrected chi connectivity index (χ2v) is 4.57. The second-order valence-electron chi connectivity index (χ2n) is 1.23. The summed E-state index contributed by atoms with van der Waals surface area (Å²) in [6.07, 6.45) is 0. The van der Waals surface area contributed by atoms with Gasteiger partial charge in [-0.05, 0) is 44.0 Å². The van der Waals surface area contributed by atoms with Crippen LogP contribution in [0.3, 0.4) is 0 Å². The Morgan fingerprint density at radius 3 is 1.55 bits per heavy atom. The summed E-state index contributed by atoms with van der Waals surface area (Å²) < 4.78 is 1.50. The molecule has 0 atom stereocenters. The SMILES string of the molecule is Brc1ccc(Br)nn1.[Cl][Co][Cl]. The molecule has 11 heavy (non-hydrogen) atoms. The molecule has 0 aliphatic heterocycles. The molecule has 7 heteroatoms. The Morgan fingerprint density at radius 2 is 1.36 bits per heavy atom. The summed E-state index contributed by atoms with van der Waals surface area (Å²) >= 11 is 6.68. The fourth-order valence-electron chi connectivity index (χ4n) is 0.300. The topological polar surface area (TPSA) is 25.8 Å². The van der Waals surface area contributed by atoms with Crippen LogP contribution in [0.2, 0.25) is 0 Å². The van der Waals surface area contributed by atoms with E-state index in [9.17, 15) is 0 Å². The molecule has 65 valence electrons. The van der Waals surface area contributed by atoms with Gasteiger partial charge in [-0.15, -0.1) is 10.2 Å². The summed E-state index contributed by atoms with van der Waals surface area (Å²) in [5.74, 6) is 0. The molecule has 0 unspecified atom stereocenters. The van der Waals surface area contributed by atoms with Crippen molar-refractivity contribution in [3.63, 3.8) is 0 Å². The zero-order chi connectivity index (χ0) is 8.69. The molecule has 0 bridgehead atoms. The van der Waals surface area contributed by atoms with Gasteiger partial charge in [-0.25, -0.2) is 0 Å². The van der Waals surface area contributed by atoms with Gasteiger partial charge in [-0.3, -0.25) is 0 Å². The minimum atomic E-state index is 0.382. The second kappa shape index (κ2) is 7.76. The summed E-state index contributed by atoms with van der Waals surface area (Å²) in [6, 6.07) is 3.63. The molecule has 1 heterocycles. The number of hydrogen-bond acceptors (Lipinski definition) is 2. The van der Waals surface area contributed by atoms with E-state index in [0.717, 1.165) is 9.21 Å². The van der Waals surface area contributed by atoms with Gasteiger partial charge in [0.1, 0.15) is 9.21 Å². The fraction of sp³-hybridized carbons (Fsp3) is 0. The molecule has 0 aliphatic rings. The molecule has 0 amide bonds. The maximum absolute atomic E-state index is 4.73. The maximum atomic E-state index is 4.73. The number of nitrogens with zero attached hydrogens (tertiary/aromatic N) is 2. The van der Waals surface area contributed by atoms with Crippen LogP contribution in [-0.4, -0.2) is 10.2 Å².